The summed E-state index contributed by atoms with van der Waals surface area (Å²) in [6, 6.07) is 13.1. The average Bonchev–Trinajstić information content (AvgIpc) is 3.16. The molecule has 2 aromatic carbocycles. The fourth-order valence-corrected chi connectivity index (χ4v) is 2.29. The van der Waals surface area contributed by atoms with Gasteiger partial charge in [-0.15, -0.1) is 0 Å². The molecule has 0 aliphatic heterocycles. The molecular formula is C18H16N6O2. The van der Waals surface area contributed by atoms with E-state index < -0.39 is 5.91 Å². The third-order valence-electron chi connectivity index (χ3n) is 3.63. The maximum atomic E-state index is 12.4. The summed E-state index contributed by atoms with van der Waals surface area (Å²) >= 11 is 0. The van der Waals surface area contributed by atoms with Crippen LogP contribution in [0.5, 0.6) is 0 Å². The summed E-state index contributed by atoms with van der Waals surface area (Å²) in [5.41, 5.74) is 7.92. The minimum atomic E-state index is -0.603. The van der Waals surface area contributed by atoms with Crippen LogP contribution in [0.1, 0.15) is 15.9 Å². The second-order valence-corrected chi connectivity index (χ2v) is 5.47. The van der Waals surface area contributed by atoms with Gasteiger partial charge in [0.1, 0.15) is 17.8 Å². The molecule has 3 rings (SSSR count). The van der Waals surface area contributed by atoms with Gasteiger partial charge in [0.25, 0.3) is 5.91 Å². The molecular weight excluding hydrogens is 332 g/mol. The topological polar surface area (TPSA) is 137 Å². The molecule has 0 fully saturated rings. The van der Waals surface area contributed by atoms with E-state index in [0.717, 1.165) is 0 Å². The lowest BCUT2D eigenvalue weighted by atomic mass is 10.1. The second-order valence-electron chi connectivity index (χ2n) is 5.47. The number of anilines is 4. The van der Waals surface area contributed by atoms with E-state index in [2.05, 4.69) is 20.8 Å². The second kappa shape index (κ2) is 7.31. The zero-order chi connectivity index (χ0) is 18.5. The maximum absolute atomic E-state index is 12.4. The lowest BCUT2D eigenvalue weighted by Gasteiger charge is -2.11. The summed E-state index contributed by atoms with van der Waals surface area (Å²) in [6.07, 6.45) is 2.32. The van der Waals surface area contributed by atoms with E-state index in [0.29, 0.717) is 40.3 Å². The number of aromatic nitrogens is 2. The minimum Gasteiger partial charge on any atom is -0.398 e. The van der Waals surface area contributed by atoms with Crippen molar-refractivity contribution < 1.29 is 9.59 Å². The van der Waals surface area contributed by atoms with E-state index in [-0.39, 0.29) is 5.71 Å². The van der Waals surface area contributed by atoms with Crippen LogP contribution in [0.25, 0.3) is 0 Å². The monoisotopic (exact) mass is 348 g/mol. The van der Waals surface area contributed by atoms with Crippen LogP contribution in [0.3, 0.4) is 0 Å². The number of nitrogens with two attached hydrogens (primary N) is 1. The quantitative estimate of drug-likeness (QED) is 0.265. The number of H-pyrrole nitrogens is 1. The van der Waals surface area contributed by atoms with Crippen LogP contribution in [-0.2, 0) is 4.79 Å². The molecule has 0 atom stereocenters. The Bertz CT molecular complexity index is 948. The van der Waals surface area contributed by atoms with Crippen molar-refractivity contribution in [1.29, 1.82) is 5.41 Å². The molecule has 8 heteroatoms. The van der Waals surface area contributed by atoms with Gasteiger partial charge in [-0.25, -0.2) is 0 Å². The van der Waals surface area contributed by atoms with Gasteiger partial charge in [-0.2, -0.15) is 5.10 Å². The fourth-order valence-electron chi connectivity index (χ4n) is 2.29. The molecule has 0 bridgehead atoms. The lowest BCUT2D eigenvalue weighted by Crippen LogP contribution is -2.24. The molecule has 1 heterocycles. The molecule has 3 aromatic rings. The number of rotatable bonds is 6. The molecule has 0 aliphatic carbocycles. The number of carbonyl (C=O) groups is 2. The van der Waals surface area contributed by atoms with E-state index in [4.69, 9.17) is 11.1 Å². The Balaban J connectivity index is 1.76. The molecule has 0 aliphatic rings. The number of hydrogen-bond donors (Lipinski definition) is 5. The smallest absolute Gasteiger partial charge is 0.274 e. The molecule has 0 radical (unpaired) electrons. The third-order valence-corrected chi connectivity index (χ3v) is 3.63. The van der Waals surface area contributed by atoms with Crippen molar-refractivity contribution in [3.63, 3.8) is 0 Å². The number of nitrogen functional groups attached to an aromatic ring is 1. The average molecular weight is 348 g/mol. The van der Waals surface area contributed by atoms with Gasteiger partial charge >= 0.3 is 0 Å². The number of nitrogens with zero attached hydrogens (tertiary/aromatic N) is 1. The van der Waals surface area contributed by atoms with Crippen molar-refractivity contribution in [2.45, 2.75) is 0 Å². The van der Waals surface area contributed by atoms with Gasteiger partial charge < -0.3 is 16.4 Å². The van der Waals surface area contributed by atoms with Crippen LogP contribution in [0, 0.1) is 5.41 Å². The SMILES string of the molecule is N=C(C(=O)Nc1ccc(C=O)cc1)c1cc(Nc2ccn[nH]2)ccc1N. The van der Waals surface area contributed by atoms with E-state index in [1.54, 1.807) is 54.7 Å². The van der Waals surface area contributed by atoms with Crippen molar-refractivity contribution in [2.75, 3.05) is 16.4 Å². The Hall–Kier alpha value is -3.94. The maximum Gasteiger partial charge on any atom is 0.274 e. The first-order valence-corrected chi connectivity index (χ1v) is 7.68. The number of benzene rings is 2. The molecule has 26 heavy (non-hydrogen) atoms. The van der Waals surface area contributed by atoms with Crippen molar-refractivity contribution in [2.24, 2.45) is 0 Å². The summed E-state index contributed by atoms with van der Waals surface area (Å²) in [4.78, 5) is 23.0. The Morgan fingerprint density at radius 2 is 1.85 bits per heavy atom. The summed E-state index contributed by atoms with van der Waals surface area (Å²) in [5, 5.41) is 20.4. The number of hydrogen-bond acceptors (Lipinski definition) is 6. The molecule has 0 saturated heterocycles. The number of nitrogens with one attached hydrogen (secondary N) is 4. The van der Waals surface area contributed by atoms with E-state index in [1.807, 2.05) is 0 Å². The van der Waals surface area contributed by atoms with Crippen LogP contribution in [0.4, 0.5) is 22.9 Å². The number of aromatic amines is 1. The van der Waals surface area contributed by atoms with Crippen molar-refractivity contribution in [3.8, 4) is 0 Å². The van der Waals surface area contributed by atoms with Gasteiger partial charge in [0.05, 0.1) is 6.20 Å². The molecule has 0 unspecified atom stereocenters. The van der Waals surface area contributed by atoms with Gasteiger partial charge in [-0.1, -0.05) is 0 Å². The normalized spacial score (nSPS) is 10.2. The molecule has 0 spiro atoms. The molecule has 8 nitrogen and oxygen atoms in total. The highest BCUT2D eigenvalue weighted by molar-refractivity contribution is 6.48. The highest BCUT2D eigenvalue weighted by atomic mass is 16.1. The van der Waals surface area contributed by atoms with Crippen molar-refractivity contribution >= 4 is 40.8 Å². The summed E-state index contributed by atoms with van der Waals surface area (Å²) in [7, 11) is 0. The van der Waals surface area contributed by atoms with E-state index in [9.17, 15) is 9.59 Å². The number of aldehydes is 1. The zero-order valence-corrected chi connectivity index (χ0v) is 13.6. The molecule has 0 saturated carbocycles. The Morgan fingerprint density at radius 1 is 1.12 bits per heavy atom. The largest absolute Gasteiger partial charge is 0.398 e. The Kier molecular flexibility index (Phi) is 4.75. The highest BCUT2D eigenvalue weighted by Gasteiger charge is 2.16. The van der Waals surface area contributed by atoms with E-state index >= 15 is 0 Å². The standard InChI is InChI=1S/C18H16N6O2/c19-15-6-5-13(22-16-7-8-21-24-16)9-14(15)17(20)18(26)23-12-3-1-11(10-25)2-4-12/h1-10,20H,19H2,(H,23,26)(H2,21,22,24). The van der Waals surface area contributed by atoms with Crippen LogP contribution >= 0.6 is 0 Å². The lowest BCUT2D eigenvalue weighted by molar-refractivity contribution is -0.110. The zero-order valence-electron chi connectivity index (χ0n) is 13.6. The highest BCUT2D eigenvalue weighted by Crippen LogP contribution is 2.21. The number of carbonyl (C=O) groups excluding carboxylic acids is 2. The van der Waals surface area contributed by atoms with Gasteiger partial charge in [-0.3, -0.25) is 20.1 Å². The van der Waals surface area contributed by atoms with Gasteiger partial charge in [-0.05, 0) is 42.5 Å². The van der Waals surface area contributed by atoms with Crippen LogP contribution < -0.4 is 16.4 Å². The molecule has 1 aromatic heterocycles. The van der Waals surface area contributed by atoms with Crippen molar-refractivity contribution in [1.82, 2.24) is 10.2 Å². The van der Waals surface area contributed by atoms with Gasteiger partial charge in [0.15, 0.2) is 0 Å². The fraction of sp³-hybridized carbons (Fsp3) is 0. The minimum absolute atomic E-state index is 0.268. The first-order valence-electron chi connectivity index (χ1n) is 7.68. The van der Waals surface area contributed by atoms with Crippen LogP contribution in [0.2, 0.25) is 0 Å². The number of amides is 1. The van der Waals surface area contributed by atoms with Crippen LogP contribution in [0.15, 0.2) is 54.7 Å². The van der Waals surface area contributed by atoms with Crippen molar-refractivity contribution in [3.05, 3.63) is 65.9 Å². The first-order chi connectivity index (χ1) is 12.6. The molecule has 130 valence electrons. The Labute approximate surface area is 148 Å². The van der Waals surface area contributed by atoms with Gasteiger partial charge in [0.2, 0.25) is 0 Å². The summed E-state index contributed by atoms with van der Waals surface area (Å²) < 4.78 is 0. The van der Waals surface area contributed by atoms with Gasteiger partial charge in [0, 0.05) is 34.3 Å². The predicted molar refractivity (Wildman–Crippen MR) is 100 cm³/mol. The summed E-state index contributed by atoms with van der Waals surface area (Å²) in [5.74, 6) is 0.0706. The van der Waals surface area contributed by atoms with E-state index in [1.165, 1.54) is 0 Å². The predicted octanol–water partition coefficient (Wildman–Crippen LogP) is 2.55. The first kappa shape index (κ1) is 16.9. The third kappa shape index (κ3) is 3.75. The Morgan fingerprint density at radius 3 is 2.50 bits per heavy atom. The molecule has 6 N–H and O–H groups in total. The molecule has 1 amide bonds. The van der Waals surface area contributed by atoms with Crippen LogP contribution in [-0.4, -0.2) is 28.1 Å². The summed E-state index contributed by atoms with van der Waals surface area (Å²) in [6.45, 7) is 0.